The molecule has 100 valence electrons. The van der Waals surface area contributed by atoms with E-state index in [-0.39, 0.29) is 22.9 Å². The van der Waals surface area contributed by atoms with E-state index in [1.807, 2.05) is 6.92 Å². The van der Waals surface area contributed by atoms with E-state index in [2.05, 4.69) is 0 Å². The Labute approximate surface area is 109 Å². The van der Waals surface area contributed by atoms with Crippen LogP contribution in [-0.4, -0.2) is 19.9 Å². The van der Waals surface area contributed by atoms with Crippen molar-refractivity contribution in [3.05, 3.63) is 28.3 Å². The normalized spacial score (nSPS) is 11.2. The summed E-state index contributed by atoms with van der Waals surface area (Å²) in [5.74, 6) is -0.0901. The maximum Gasteiger partial charge on any atom is 0.273 e. The molecule has 0 bridgehead atoms. The number of non-ortho nitro benzene ring substituents is 1. The van der Waals surface area contributed by atoms with Crippen molar-refractivity contribution in [1.82, 2.24) is 0 Å². The van der Waals surface area contributed by atoms with E-state index >= 15 is 0 Å². The third-order valence-electron chi connectivity index (χ3n) is 2.16. The van der Waals surface area contributed by atoms with Crippen molar-refractivity contribution in [1.29, 1.82) is 0 Å². The lowest BCUT2D eigenvalue weighted by Gasteiger charge is -2.08. The van der Waals surface area contributed by atoms with Gasteiger partial charge in [0.25, 0.3) is 14.7 Å². The van der Waals surface area contributed by atoms with Crippen molar-refractivity contribution in [3.8, 4) is 5.75 Å². The molecule has 0 radical (unpaired) electrons. The lowest BCUT2D eigenvalue weighted by molar-refractivity contribution is -0.385. The van der Waals surface area contributed by atoms with E-state index in [0.29, 0.717) is 6.42 Å². The number of nitro benzene ring substituents is 1. The molecule has 0 amide bonds. The Morgan fingerprint density at radius 3 is 2.61 bits per heavy atom. The average molecular weight is 294 g/mol. The molecule has 1 rings (SSSR count). The van der Waals surface area contributed by atoms with Crippen molar-refractivity contribution < 1.29 is 18.1 Å². The zero-order chi connectivity index (χ0) is 13.8. The highest BCUT2D eigenvalue weighted by Gasteiger charge is 2.20. The zero-order valence-electron chi connectivity index (χ0n) is 9.63. The van der Waals surface area contributed by atoms with Gasteiger partial charge in [0.1, 0.15) is 10.6 Å². The van der Waals surface area contributed by atoms with Crippen molar-refractivity contribution in [2.24, 2.45) is 0 Å². The molecule has 0 saturated carbocycles. The molecule has 0 aliphatic carbocycles. The Kier molecular flexibility index (Phi) is 4.92. The van der Waals surface area contributed by atoms with E-state index < -0.39 is 14.0 Å². The fourth-order valence-corrected chi connectivity index (χ4v) is 2.22. The lowest BCUT2D eigenvalue weighted by Crippen LogP contribution is -2.02. The van der Waals surface area contributed by atoms with Gasteiger partial charge in [0, 0.05) is 16.7 Å². The van der Waals surface area contributed by atoms with Crippen LogP contribution in [-0.2, 0) is 9.05 Å². The van der Waals surface area contributed by atoms with E-state index in [0.717, 1.165) is 24.6 Å². The molecule has 0 fully saturated rings. The smallest absolute Gasteiger partial charge is 0.273 e. The summed E-state index contributed by atoms with van der Waals surface area (Å²) >= 11 is 0. The van der Waals surface area contributed by atoms with Gasteiger partial charge in [0.2, 0.25) is 0 Å². The Bertz CT molecular complexity index is 543. The molecule has 18 heavy (non-hydrogen) atoms. The molecule has 0 atom stereocenters. The van der Waals surface area contributed by atoms with Crippen LogP contribution in [0.25, 0.3) is 0 Å². The third-order valence-corrected chi connectivity index (χ3v) is 3.52. The Morgan fingerprint density at radius 2 is 2.11 bits per heavy atom. The largest absolute Gasteiger partial charge is 0.492 e. The number of hydrogen-bond donors (Lipinski definition) is 0. The number of halogens is 1. The fraction of sp³-hybridized carbons (Fsp3) is 0.400. The Hall–Kier alpha value is -1.34. The van der Waals surface area contributed by atoms with Gasteiger partial charge in [-0.2, -0.15) is 0 Å². The predicted molar refractivity (Wildman–Crippen MR) is 66.5 cm³/mol. The maximum absolute atomic E-state index is 11.3. The molecule has 0 aliphatic heterocycles. The van der Waals surface area contributed by atoms with Crippen molar-refractivity contribution >= 4 is 25.4 Å². The minimum Gasteiger partial charge on any atom is -0.492 e. The van der Waals surface area contributed by atoms with E-state index in [9.17, 15) is 18.5 Å². The quantitative estimate of drug-likeness (QED) is 0.348. The van der Waals surface area contributed by atoms with Crippen molar-refractivity contribution in [3.63, 3.8) is 0 Å². The fourth-order valence-electron chi connectivity index (χ4n) is 1.25. The molecule has 1 aromatic rings. The summed E-state index contributed by atoms with van der Waals surface area (Å²) in [6, 6.07) is 3.20. The summed E-state index contributed by atoms with van der Waals surface area (Å²) in [5, 5.41) is 10.6. The Balaban J connectivity index is 3.14. The molecule has 0 unspecified atom stereocenters. The first-order chi connectivity index (χ1) is 8.36. The van der Waals surface area contributed by atoms with Gasteiger partial charge in [-0.25, -0.2) is 8.42 Å². The van der Waals surface area contributed by atoms with Gasteiger partial charge in [-0.3, -0.25) is 10.1 Å². The molecule has 1 aromatic carbocycles. The third kappa shape index (κ3) is 3.85. The number of nitro groups is 1. The van der Waals surface area contributed by atoms with E-state index in [1.165, 1.54) is 0 Å². The average Bonchev–Trinajstić information content (AvgIpc) is 2.27. The maximum atomic E-state index is 11.3. The Morgan fingerprint density at radius 1 is 1.44 bits per heavy atom. The molecule has 0 saturated heterocycles. The minimum absolute atomic E-state index is 0.0901. The minimum atomic E-state index is -3.99. The first-order valence-corrected chi connectivity index (χ1v) is 7.53. The summed E-state index contributed by atoms with van der Waals surface area (Å²) in [6.45, 7) is 2.22. The summed E-state index contributed by atoms with van der Waals surface area (Å²) in [4.78, 5) is 9.73. The lowest BCUT2D eigenvalue weighted by atomic mass is 10.3. The monoisotopic (exact) mass is 293 g/mol. The SMILES string of the molecule is CCCCOc1cc([N+](=O)[O-])ccc1S(=O)(=O)Cl. The van der Waals surface area contributed by atoms with Crippen LogP contribution in [0.2, 0.25) is 0 Å². The van der Waals surface area contributed by atoms with Crippen LogP contribution in [0, 0.1) is 10.1 Å². The van der Waals surface area contributed by atoms with Crippen LogP contribution >= 0.6 is 10.7 Å². The highest BCUT2D eigenvalue weighted by molar-refractivity contribution is 8.13. The van der Waals surface area contributed by atoms with Crippen LogP contribution in [0.3, 0.4) is 0 Å². The molecule has 0 aromatic heterocycles. The van der Waals surface area contributed by atoms with Gasteiger partial charge in [-0.15, -0.1) is 0 Å². The number of benzene rings is 1. The van der Waals surface area contributed by atoms with Crippen LogP contribution < -0.4 is 4.74 Å². The number of nitrogens with zero attached hydrogens (tertiary/aromatic N) is 1. The molecule has 0 heterocycles. The standard InChI is InChI=1S/C10H12ClNO5S/c1-2-3-6-17-9-7-8(12(13)14)4-5-10(9)18(11,15)16/h4-5,7H,2-3,6H2,1H3. The first-order valence-electron chi connectivity index (χ1n) is 5.22. The van der Waals surface area contributed by atoms with Crippen molar-refractivity contribution in [2.75, 3.05) is 6.61 Å². The van der Waals surface area contributed by atoms with Crippen LogP contribution in [0.15, 0.2) is 23.1 Å². The van der Waals surface area contributed by atoms with Gasteiger partial charge in [-0.05, 0) is 12.5 Å². The predicted octanol–water partition coefficient (Wildman–Crippen LogP) is 2.70. The van der Waals surface area contributed by atoms with Crippen LogP contribution in [0.5, 0.6) is 5.75 Å². The highest BCUT2D eigenvalue weighted by Crippen LogP contribution is 2.30. The van der Waals surface area contributed by atoms with E-state index in [4.69, 9.17) is 15.4 Å². The second-order valence-corrected chi connectivity index (χ2v) is 6.06. The van der Waals surface area contributed by atoms with Gasteiger partial charge in [0.05, 0.1) is 17.6 Å². The highest BCUT2D eigenvalue weighted by atomic mass is 35.7. The molecule has 0 N–H and O–H groups in total. The molecule has 0 spiro atoms. The first kappa shape index (κ1) is 14.7. The second-order valence-electron chi connectivity index (χ2n) is 3.53. The van der Waals surface area contributed by atoms with E-state index in [1.54, 1.807) is 0 Å². The van der Waals surface area contributed by atoms with Crippen molar-refractivity contribution in [2.45, 2.75) is 24.7 Å². The summed E-state index contributed by atoms with van der Waals surface area (Å²) in [5.41, 5.74) is -0.245. The number of ether oxygens (including phenoxy) is 1. The number of rotatable bonds is 6. The number of unbranched alkanes of at least 4 members (excludes halogenated alkanes) is 1. The second kappa shape index (κ2) is 6.01. The zero-order valence-corrected chi connectivity index (χ0v) is 11.2. The van der Waals surface area contributed by atoms with Gasteiger partial charge >= 0.3 is 0 Å². The topological polar surface area (TPSA) is 86.5 Å². The van der Waals surface area contributed by atoms with Gasteiger partial charge in [-0.1, -0.05) is 13.3 Å². The van der Waals surface area contributed by atoms with Crippen LogP contribution in [0.4, 0.5) is 5.69 Å². The molecule has 8 heteroatoms. The molecular formula is C10H12ClNO5S. The molecule has 0 aliphatic rings. The summed E-state index contributed by atoms with van der Waals surface area (Å²) in [6.07, 6.45) is 1.57. The van der Waals surface area contributed by atoms with Crippen LogP contribution in [0.1, 0.15) is 19.8 Å². The van der Waals surface area contributed by atoms with Gasteiger partial charge < -0.3 is 4.74 Å². The number of hydrogen-bond acceptors (Lipinski definition) is 5. The summed E-state index contributed by atoms with van der Waals surface area (Å²) < 4.78 is 27.8. The molecule has 6 nitrogen and oxygen atoms in total. The van der Waals surface area contributed by atoms with Gasteiger partial charge in [0.15, 0.2) is 0 Å². The summed E-state index contributed by atoms with van der Waals surface area (Å²) in [7, 11) is 1.24. The molecular weight excluding hydrogens is 282 g/mol.